The average Bonchev–Trinajstić information content (AvgIpc) is 3.20. The van der Waals surface area contributed by atoms with Gasteiger partial charge in [-0.3, -0.25) is 9.59 Å². The number of benzene rings is 2. The Kier molecular flexibility index (Phi) is 9.93. The average molecular weight is 553 g/mol. The predicted molar refractivity (Wildman–Crippen MR) is 152 cm³/mol. The zero-order valence-corrected chi connectivity index (χ0v) is 23.9. The van der Waals surface area contributed by atoms with Gasteiger partial charge in [0.25, 0.3) is 11.7 Å². The number of unbranched alkanes of at least 4 members (excludes halogenated alkanes) is 2. The fourth-order valence-electron chi connectivity index (χ4n) is 4.98. The van der Waals surface area contributed by atoms with Crippen molar-refractivity contribution in [2.75, 3.05) is 53.6 Å². The first kappa shape index (κ1) is 29.3. The molecule has 9 heteroatoms. The number of amides is 1. The zero-order chi connectivity index (χ0) is 28.6. The summed E-state index contributed by atoms with van der Waals surface area (Å²) in [6.07, 6.45) is 3.77. The molecule has 0 aliphatic carbocycles. The van der Waals surface area contributed by atoms with Crippen LogP contribution in [0.3, 0.4) is 0 Å². The number of ether oxygens (including phenoxy) is 4. The summed E-state index contributed by atoms with van der Waals surface area (Å²) in [7, 11) is 3.92. The van der Waals surface area contributed by atoms with Gasteiger partial charge in [-0.2, -0.15) is 0 Å². The van der Waals surface area contributed by atoms with Crippen molar-refractivity contribution in [1.82, 2.24) is 9.80 Å². The number of likely N-dealkylation sites (tertiary alicyclic amines) is 1. The van der Waals surface area contributed by atoms with E-state index in [4.69, 9.17) is 18.9 Å². The minimum Gasteiger partial charge on any atom is -0.507 e. The van der Waals surface area contributed by atoms with E-state index in [0.29, 0.717) is 73.5 Å². The third-order valence-electron chi connectivity index (χ3n) is 6.95. The summed E-state index contributed by atoms with van der Waals surface area (Å²) in [5.74, 6) is 0.580. The van der Waals surface area contributed by atoms with Crippen LogP contribution in [0.1, 0.15) is 56.7 Å². The maximum atomic E-state index is 13.4. The van der Waals surface area contributed by atoms with Gasteiger partial charge in [0.1, 0.15) is 19.0 Å². The van der Waals surface area contributed by atoms with E-state index in [2.05, 4.69) is 6.92 Å². The lowest BCUT2D eigenvalue weighted by Gasteiger charge is -2.27. The van der Waals surface area contributed by atoms with Crippen LogP contribution in [0, 0.1) is 0 Å². The van der Waals surface area contributed by atoms with Gasteiger partial charge in [0.2, 0.25) is 0 Å². The highest BCUT2D eigenvalue weighted by Gasteiger charge is 2.46. The highest BCUT2D eigenvalue weighted by atomic mass is 16.6. The van der Waals surface area contributed by atoms with Gasteiger partial charge in [0.15, 0.2) is 23.0 Å². The number of rotatable bonds is 13. The third kappa shape index (κ3) is 6.53. The Bertz CT molecular complexity index is 1240. The molecule has 40 heavy (non-hydrogen) atoms. The second-order valence-electron chi connectivity index (χ2n) is 10.2. The van der Waals surface area contributed by atoms with Crippen molar-refractivity contribution in [3.63, 3.8) is 0 Å². The highest BCUT2D eigenvalue weighted by molar-refractivity contribution is 6.46. The molecule has 0 spiro atoms. The molecule has 0 unspecified atom stereocenters. The lowest BCUT2D eigenvalue weighted by atomic mass is 9.94. The Balaban J connectivity index is 1.76. The lowest BCUT2D eigenvalue weighted by Crippen LogP contribution is -2.32. The second kappa shape index (κ2) is 13.6. The normalized spacial score (nSPS) is 17.9. The molecule has 2 aromatic rings. The fourth-order valence-corrected chi connectivity index (χ4v) is 4.98. The summed E-state index contributed by atoms with van der Waals surface area (Å²) >= 11 is 0. The van der Waals surface area contributed by atoms with Crippen molar-refractivity contribution in [2.45, 2.75) is 45.6 Å². The zero-order valence-electron chi connectivity index (χ0n) is 23.9. The molecule has 4 rings (SSSR count). The van der Waals surface area contributed by atoms with Crippen molar-refractivity contribution in [3.8, 4) is 23.0 Å². The van der Waals surface area contributed by atoms with Crippen LogP contribution in [-0.4, -0.2) is 80.2 Å². The fraction of sp³-hybridized carbons (Fsp3) is 0.484. The Morgan fingerprint density at radius 3 is 2.48 bits per heavy atom. The maximum Gasteiger partial charge on any atom is 0.295 e. The largest absolute Gasteiger partial charge is 0.507 e. The number of ketones is 1. The number of carbonyl (C=O) groups is 2. The van der Waals surface area contributed by atoms with E-state index in [-0.39, 0.29) is 11.3 Å². The molecule has 0 aromatic heterocycles. The van der Waals surface area contributed by atoms with E-state index in [1.165, 1.54) is 0 Å². The minimum atomic E-state index is -0.788. The molecule has 2 aromatic carbocycles. The molecule has 1 N–H and O–H groups in total. The Morgan fingerprint density at radius 2 is 1.75 bits per heavy atom. The van der Waals surface area contributed by atoms with E-state index < -0.39 is 17.7 Å². The van der Waals surface area contributed by atoms with E-state index in [1.807, 2.05) is 44.1 Å². The topological polar surface area (TPSA) is 97.8 Å². The van der Waals surface area contributed by atoms with Crippen molar-refractivity contribution >= 4 is 17.4 Å². The standard InChI is InChI=1S/C31H40N2O7/c1-5-7-8-16-38-23-12-10-21(19-25(23)37-6-2)28-27(30(35)31(36)33(28)15-9-14-32(3)4)29(34)22-11-13-24-26(20-22)40-18-17-39-24/h10-13,19-20,28,34H,5-9,14-18H2,1-4H3/t28-/m1/s1. The molecular formula is C31H40N2O7. The summed E-state index contributed by atoms with van der Waals surface area (Å²) in [5, 5.41) is 11.5. The Labute approximate surface area is 236 Å². The summed E-state index contributed by atoms with van der Waals surface area (Å²) < 4.78 is 23.2. The molecular weight excluding hydrogens is 512 g/mol. The first-order chi connectivity index (χ1) is 19.3. The van der Waals surface area contributed by atoms with Crippen molar-refractivity contribution in [2.24, 2.45) is 0 Å². The molecule has 2 heterocycles. The first-order valence-corrected chi connectivity index (χ1v) is 14.1. The quantitative estimate of drug-likeness (QED) is 0.164. The van der Waals surface area contributed by atoms with E-state index in [1.54, 1.807) is 23.1 Å². The SMILES string of the molecule is CCCCCOc1ccc([C@@H]2C(=C(O)c3ccc4c(c3)OCCO4)C(=O)C(=O)N2CCCN(C)C)cc1OCC. The van der Waals surface area contributed by atoms with Crippen LogP contribution >= 0.6 is 0 Å². The molecule has 1 fully saturated rings. The second-order valence-corrected chi connectivity index (χ2v) is 10.2. The van der Waals surface area contributed by atoms with E-state index in [0.717, 1.165) is 25.8 Å². The highest BCUT2D eigenvalue weighted by Crippen LogP contribution is 2.43. The van der Waals surface area contributed by atoms with Crippen LogP contribution < -0.4 is 18.9 Å². The smallest absolute Gasteiger partial charge is 0.295 e. The molecule has 0 saturated carbocycles. The number of hydrogen-bond donors (Lipinski definition) is 1. The van der Waals surface area contributed by atoms with Crippen molar-refractivity contribution in [3.05, 3.63) is 53.1 Å². The number of hydrogen-bond acceptors (Lipinski definition) is 8. The van der Waals surface area contributed by atoms with Crippen molar-refractivity contribution in [1.29, 1.82) is 0 Å². The van der Waals surface area contributed by atoms with Gasteiger partial charge in [-0.25, -0.2) is 0 Å². The van der Waals surface area contributed by atoms with Crippen LogP contribution in [0.4, 0.5) is 0 Å². The molecule has 1 saturated heterocycles. The van der Waals surface area contributed by atoms with Gasteiger partial charge in [0.05, 0.1) is 24.8 Å². The maximum absolute atomic E-state index is 13.4. The van der Waals surface area contributed by atoms with Crippen LogP contribution in [0.5, 0.6) is 23.0 Å². The molecule has 1 atom stereocenters. The number of aliphatic hydroxyl groups is 1. The molecule has 216 valence electrons. The van der Waals surface area contributed by atoms with Gasteiger partial charge in [-0.15, -0.1) is 0 Å². The summed E-state index contributed by atoms with van der Waals surface area (Å²) in [4.78, 5) is 30.4. The molecule has 9 nitrogen and oxygen atoms in total. The van der Waals surface area contributed by atoms with Gasteiger partial charge >= 0.3 is 0 Å². The van der Waals surface area contributed by atoms with E-state index in [9.17, 15) is 14.7 Å². The monoisotopic (exact) mass is 552 g/mol. The minimum absolute atomic E-state index is 0.0330. The van der Waals surface area contributed by atoms with Crippen LogP contribution in [0.2, 0.25) is 0 Å². The first-order valence-electron chi connectivity index (χ1n) is 14.1. The molecule has 1 amide bonds. The number of fused-ring (bicyclic) bond motifs is 1. The van der Waals surface area contributed by atoms with Crippen molar-refractivity contribution < 1.29 is 33.6 Å². The molecule has 0 radical (unpaired) electrons. The van der Waals surface area contributed by atoms with Crippen LogP contribution in [0.15, 0.2) is 42.0 Å². The Hall–Kier alpha value is -3.72. The van der Waals surface area contributed by atoms with Crippen LogP contribution in [0.25, 0.3) is 5.76 Å². The Morgan fingerprint density at radius 1 is 0.975 bits per heavy atom. The molecule has 2 aliphatic heterocycles. The summed E-state index contributed by atoms with van der Waals surface area (Å²) in [6.45, 7) is 6.95. The number of Topliss-reactive ketones (excluding diaryl/α,β-unsaturated/α-hetero) is 1. The van der Waals surface area contributed by atoms with Gasteiger partial charge in [-0.05, 0) is 76.3 Å². The molecule has 0 bridgehead atoms. The van der Waals surface area contributed by atoms with Gasteiger partial charge < -0.3 is 33.9 Å². The predicted octanol–water partition coefficient (Wildman–Crippen LogP) is 4.80. The summed E-state index contributed by atoms with van der Waals surface area (Å²) in [5.41, 5.74) is 1.07. The number of nitrogens with zero attached hydrogens (tertiary/aromatic N) is 2. The number of carbonyl (C=O) groups excluding carboxylic acids is 2. The summed E-state index contributed by atoms with van der Waals surface area (Å²) in [6, 6.07) is 9.68. The number of aliphatic hydroxyl groups excluding tert-OH is 1. The van der Waals surface area contributed by atoms with Gasteiger partial charge in [0, 0.05) is 12.1 Å². The van der Waals surface area contributed by atoms with E-state index >= 15 is 0 Å². The van der Waals surface area contributed by atoms with Crippen LogP contribution in [-0.2, 0) is 9.59 Å². The lowest BCUT2D eigenvalue weighted by molar-refractivity contribution is -0.139. The third-order valence-corrected chi connectivity index (χ3v) is 6.95. The molecule has 2 aliphatic rings. The van der Waals surface area contributed by atoms with Gasteiger partial charge in [-0.1, -0.05) is 25.8 Å².